The van der Waals surface area contributed by atoms with Crippen molar-refractivity contribution in [2.45, 2.75) is 0 Å². The smallest absolute Gasteiger partial charge is 0.281 e. The van der Waals surface area contributed by atoms with E-state index >= 15 is 0 Å². The van der Waals surface area contributed by atoms with E-state index in [9.17, 15) is 14.0 Å². The van der Waals surface area contributed by atoms with Crippen LogP contribution in [0.25, 0.3) is 6.08 Å². The predicted octanol–water partition coefficient (Wildman–Crippen LogP) is 2.33. The summed E-state index contributed by atoms with van der Waals surface area (Å²) >= 11 is 5.23. The number of amides is 2. The Bertz CT molecular complexity index is 1120. The molecule has 0 aromatic heterocycles. The first-order chi connectivity index (χ1) is 16.0. The van der Waals surface area contributed by atoms with Crippen LogP contribution in [0.2, 0.25) is 0 Å². The highest BCUT2D eigenvalue weighted by atomic mass is 32.1. The van der Waals surface area contributed by atoms with Gasteiger partial charge in [0.1, 0.15) is 11.5 Å². The van der Waals surface area contributed by atoms with Gasteiger partial charge in [-0.05, 0) is 48.1 Å². The summed E-state index contributed by atoms with van der Waals surface area (Å²) in [5.74, 6) is -0.353. The number of ether oxygens (including phenoxy) is 3. The molecule has 8 nitrogen and oxygen atoms in total. The Hall–Kier alpha value is -3.50. The molecule has 2 aliphatic rings. The maximum atomic E-state index is 14.2. The molecule has 0 unspecified atom stereocenters. The average molecular weight is 472 g/mol. The van der Waals surface area contributed by atoms with Crippen LogP contribution in [0.5, 0.6) is 11.5 Å². The van der Waals surface area contributed by atoms with E-state index in [0.29, 0.717) is 43.4 Å². The van der Waals surface area contributed by atoms with Crippen molar-refractivity contribution >= 4 is 40.9 Å². The zero-order valence-corrected chi connectivity index (χ0v) is 18.7. The van der Waals surface area contributed by atoms with Gasteiger partial charge < -0.3 is 24.4 Å². The molecule has 4 rings (SSSR count). The first-order valence-electron chi connectivity index (χ1n) is 10.3. The lowest BCUT2D eigenvalue weighted by molar-refractivity contribution is -0.137. The van der Waals surface area contributed by atoms with E-state index in [1.165, 1.54) is 25.3 Å². The van der Waals surface area contributed by atoms with Crippen molar-refractivity contribution in [2.24, 2.45) is 0 Å². The van der Waals surface area contributed by atoms with Gasteiger partial charge in [0, 0.05) is 13.1 Å². The second-order valence-electron chi connectivity index (χ2n) is 7.27. The molecule has 0 saturated carbocycles. The first kappa shape index (κ1) is 22.7. The quantitative estimate of drug-likeness (QED) is 0.512. The van der Waals surface area contributed by atoms with Gasteiger partial charge in [0.05, 0.1) is 26.0 Å². The normalized spacial score (nSPS) is 17.3. The van der Waals surface area contributed by atoms with Crippen molar-refractivity contribution in [3.05, 3.63) is 59.5 Å². The minimum absolute atomic E-state index is 0.0784. The fourth-order valence-electron chi connectivity index (χ4n) is 3.49. The molecule has 1 N–H and O–H groups in total. The average Bonchev–Trinajstić information content (AvgIpc) is 3.11. The molecule has 2 aromatic carbocycles. The lowest BCUT2D eigenvalue weighted by atomic mass is 10.1. The highest BCUT2D eigenvalue weighted by Crippen LogP contribution is 2.30. The Kier molecular flexibility index (Phi) is 6.85. The largest absolute Gasteiger partial charge is 0.493 e. The summed E-state index contributed by atoms with van der Waals surface area (Å²) in [6.07, 6.45) is 1.58. The van der Waals surface area contributed by atoms with E-state index < -0.39 is 11.7 Å². The van der Waals surface area contributed by atoms with E-state index in [1.807, 2.05) is 0 Å². The number of hydrogen-bond donors (Lipinski definition) is 1. The number of carbonyl (C=O) groups is 2. The highest BCUT2D eigenvalue weighted by molar-refractivity contribution is 7.80. The van der Waals surface area contributed by atoms with Crippen molar-refractivity contribution < 1.29 is 28.2 Å². The Morgan fingerprint density at radius 2 is 1.97 bits per heavy atom. The van der Waals surface area contributed by atoms with Crippen LogP contribution >= 0.6 is 12.2 Å². The third kappa shape index (κ3) is 4.96. The molecule has 2 fully saturated rings. The van der Waals surface area contributed by atoms with E-state index in [1.54, 1.807) is 35.2 Å². The summed E-state index contributed by atoms with van der Waals surface area (Å²) in [5.41, 5.74) is 0.906. The summed E-state index contributed by atoms with van der Waals surface area (Å²) in [4.78, 5) is 28.0. The number of methoxy groups -OCH3 is 1. The number of nitrogens with zero attached hydrogens (tertiary/aromatic N) is 2. The number of thiocarbonyl (C=S) groups is 1. The maximum Gasteiger partial charge on any atom is 0.281 e. The van der Waals surface area contributed by atoms with Crippen molar-refractivity contribution in [2.75, 3.05) is 44.9 Å². The van der Waals surface area contributed by atoms with Gasteiger partial charge in [0.2, 0.25) is 0 Å². The molecular weight excluding hydrogens is 449 g/mol. The van der Waals surface area contributed by atoms with Crippen LogP contribution in [-0.4, -0.2) is 61.8 Å². The number of hydrogen-bond acceptors (Lipinski definition) is 6. The van der Waals surface area contributed by atoms with Crippen LogP contribution in [0, 0.1) is 5.82 Å². The molecule has 0 aliphatic carbocycles. The van der Waals surface area contributed by atoms with Crippen molar-refractivity contribution in [3.63, 3.8) is 0 Å². The Balaban J connectivity index is 1.48. The molecule has 10 heteroatoms. The molecule has 33 heavy (non-hydrogen) atoms. The summed E-state index contributed by atoms with van der Waals surface area (Å²) < 4.78 is 30.5. The third-order valence-corrected chi connectivity index (χ3v) is 5.47. The van der Waals surface area contributed by atoms with Gasteiger partial charge in [0.15, 0.2) is 23.2 Å². The van der Waals surface area contributed by atoms with Crippen LogP contribution in [0.3, 0.4) is 0 Å². The van der Waals surface area contributed by atoms with Crippen LogP contribution in [-0.2, 0) is 14.3 Å². The molecule has 2 saturated heterocycles. The van der Waals surface area contributed by atoms with Crippen molar-refractivity contribution in [3.8, 4) is 11.5 Å². The Morgan fingerprint density at radius 1 is 1.21 bits per heavy atom. The molecule has 2 heterocycles. The summed E-state index contributed by atoms with van der Waals surface area (Å²) in [6, 6.07) is 11.0. The fraction of sp³-hybridized carbons (Fsp3) is 0.261. The van der Waals surface area contributed by atoms with Gasteiger partial charge >= 0.3 is 0 Å². The Morgan fingerprint density at radius 3 is 2.70 bits per heavy atom. The molecular formula is C23H22FN3O5S. The number of halogens is 1. The molecule has 2 aromatic rings. The number of nitrogens with one attached hydrogen (secondary N) is 1. The number of rotatable bonds is 6. The molecule has 0 bridgehead atoms. The van der Waals surface area contributed by atoms with E-state index in [2.05, 4.69) is 5.32 Å². The summed E-state index contributed by atoms with van der Waals surface area (Å²) in [5, 5.41) is 2.91. The molecule has 0 spiro atoms. The van der Waals surface area contributed by atoms with E-state index in [0.717, 1.165) is 4.90 Å². The summed E-state index contributed by atoms with van der Waals surface area (Å²) in [7, 11) is 1.48. The molecule has 0 atom stereocenters. The van der Waals surface area contributed by atoms with Crippen molar-refractivity contribution in [1.82, 2.24) is 10.2 Å². The molecule has 0 radical (unpaired) electrons. The lowest BCUT2D eigenvalue weighted by Crippen LogP contribution is -2.43. The van der Waals surface area contributed by atoms with E-state index in [-0.39, 0.29) is 29.0 Å². The number of anilines is 1. The number of benzene rings is 2. The SMILES string of the molecule is COc1cc(/C=C2\NC(=S)N(c3ccccc3F)C2=O)ccc1OCC(=O)N1CCOCC1. The van der Waals surface area contributed by atoms with Crippen LogP contribution in [0.1, 0.15) is 5.56 Å². The zero-order valence-electron chi connectivity index (χ0n) is 17.9. The maximum absolute atomic E-state index is 14.2. The topological polar surface area (TPSA) is 80.3 Å². The number of carbonyl (C=O) groups excluding carboxylic acids is 2. The molecule has 2 aliphatic heterocycles. The van der Waals surface area contributed by atoms with E-state index in [4.69, 9.17) is 26.4 Å². The number of para-hydroxylation sites is 1. The Labute approximate surface area is 195 Å². The van der Waals surface area contributed by atoms with Gasteiger partial charge in [0.25, 0.3) is 11.8 Å². The predicted molar refractivity (Wildman–Crippen MR) is 123 cm³/mol. The molecule has 2 amide bonds. The first-order valence-corrected chi connectivity index (χ1v) is 10.7. The highest BCUT2D eigenvalue weighted by Gasteiger charge is 2.33. The zero-order chi connectivity index (χ0) is 23.4. The standard InChI is InChI=1S/C23H22FN3O5S/c1-30-20-13-15(6-7-19(20)32-14-21(28)26-8-10-31-11-9-26)12-17-22(29)27(23(33)25-17)18-5-3-2-4-16(18)24/h2-7,12-13H,8-11,14H2,1H3,(H,25,33)/b17-12-. The molecule has 172 valence electrons. The summed E-state index contributed by atoms with van der Waals surface area (Å²) in [6.45, 7) is 1.99. The van der Waals surface area contributed by atoms with Gasteiger partial charge in [-0.15, -0.1) is 0 Å². The number of morpholine rings is 1. The van der Waals surface area contributed by atoms with Crippen LogP contribution < -0.4 is 19.7 Å². The minimum atomic E-state index is -0.550. The van der Waals surface area contributed by atoms with Gasteiger partial charge in [-0.2, -0.15) is 0 Å². The van der Waals surface area contributed by atoms with Crippen molar-refractivity contribution in [1.29, 1.82) is 0 Å². The second-order valence-corrected chi connectivity index (χ2v) is 7.66. The van der Waals surface area contributed by atoms with Crippen LogP contribution in [0.15, 0.2) is 48.2 Å². The fourth-order valence-corrected chi connectivity index (χ4v) is 3.78. The van der Waals surface area contributed by atoms with Gasteiger partial charge in [-0.25, -0.2) is 9.29 Å². The van der Waals surface area contributed by atoms with Crippen LogP contribution in [0.4, 0.5) is 10.1 Å². The lowest BCUT2D eigenvalue weighted by Gasteiger charge is -2.26. The van der Waals surface area contributed by atoms with Gasteiger partial charge in [-0.1, -0.05) is 18.2 Å². The minimum Gasteiger partial charge on any atom is -0.493 e. The monoisotopic (exact) mass is 471 g/mol. The second kappa shape index (κ2) is 9.97. The van der Waals surface area contributed by atoms with Gasteiger partial charge in [-0.3, -0.25) is 9.59 Å². The third-order valence-electron chi connectivity index (χ3n) is 5.19.